The van der Waals surface area contributed by atoms with Crippen LogP contribution in [0.5, 0.6) is 0 Å². The van der Waals surface area contributed by atoms with Crippen LogP contribution in [0.4, 0.5) is 0 Å². The second-order valence-electron chi connectivity index (χ2n) is 10.5. The number of hydrogen-bond acceptors (Lipinski definition) is 3. The van der Waals surface area contributed by atoms with Gasteiger partial charge in [0.25, 0.3) is 0 Å². The van der Waals surface area contributed by atoms with Crippen LogP contribution in [-0.4, -0.2) is 15.0 Å². The third-order valence-corrected chi connectivity index (χ3v) is 7.91. The molecule has 3 heteroatoms. The molecule has 8 rings (SSSR count). The molecule has 1 aromatic heterocycles. The Hall–Kier alpha value is -5.67. The van der Waals surface area contributed by atoms with E-state index in [1.165, 1.54) is 32.5 Å². The summed E-state index contributed by atoms with van der Waals surface area (Å²) in [5, 5.41) is 7.34. The van der Waals surface area contributed by atoms with Gasteiger partial charge in [-0.2, -0.15) is 0 Å². The quantitative estimate of drug-likeness (QED) is 0.211. The molecule has 0 N–H and O–H groups in total. The molecule has 1 heterocycles. The third-order valence-electron chi connectivity index (χ3n) is 7.91. The van der Waals surface area contributed by atoms with Crippen molar-refractivity contribution in [1.82, 2.24) is 15.0 Å². The molecule has 8 aromatic rings. The first-order chi connectivity index (χ1) is 20.8. The first-order valence-electron chi connectivity index (χ1n) is 14.1. The summed E-state index contributed by atoms with van der Waals surface area (Å²) in [6, 6.07) is 52.9. The minimum absolute atomic E-state index is 0.655. The average Bonchev–Trinajstić information content (AvgIpc) is 3.08. The molecule has 0 radical (unpaired) electrons. The number of benzene rings is 7. The molecule has 0 atom stereocenters. The molecular weight excluding hydrogens is 510 g/mol. The molecule has 0 saturated carbocycles. The molecule has 7 aromatic carbocycles. The topological polar surface area (TPSA) is 38.7 Å². The molecule has 0 unspecified atom stereocenters. The number of aromatic nitrogens is 3. The monoisotopic (exact) mass is 535 g/mol. The van der Waals surface area contributed by atoms with Gasteiger partial charge in [0, 0.05) is 16.7 Å². The Balaban J connectivity index is 1.25. The molecule has 3 nitrogen and oxygen atoms in total. The summed E-state index contributed by atoms with van der Waals surface area (Å²) in [5.74, 6) is 1.97. The maximum Gasteiger partial charge on any atom is 0.164 e. The minimum Gasteiger partial charge on any atom is -0.208 e. The van der Waals surface area contributed by atoms with Crippen LogP contribution in [0.15, 0.2) is 152 Å². The predicted molar refractivity (Wildman–Crippen MR) is 174 cm³/mol. The van der Waals surface area contributed by atoms with Crippen molar-refractivity contribution in [2.45, 2.75) is 0 Å². The van der Waals surface area contributed by atoms with E-state index in [2.05, 4.69) is 121 Å². The molecule has 0 bridgehead atoms. The van der Waals surface area contributed by atoms with Gasteiger partial charge >= 0.3 is 0 Å². The zero-order valence-corrected chi connectivity index (χ0v) is 22.8. The van der Waals surface area contributed by atoms with Gasteiger partial charge in [0.2, 0.25) is 0 Å². The van der Waals surface area contributed by atoms with Crippen molar-refractivity contribution >= 4 is 32.3 Å². The van der Waals surface area contributed by atoms with E-state index in [0.717, 1.165) is 27.6 Å². The highest BCUT2D eigenvalue weighted by molar-refractivity contribution is 6.08. The first-order valence-corrected chi connectivity index (χ1v) is 14.1. The van der Waals surface area contributed by atoms with Crippen LogP contribution in [0.1, 0.15) is 0 Å². The van der Waals surface area contributed by atoms with Gasteiger partial charge in [0.1, 0.15) is 0 Å². The highest BCUT2D eigenvalue weighted by Gasteiger charge is 2.14. The van der Waals surface area contributed by atoms with E-state index >= 15 is 0 Å². The maximum absolute atomic E-state index is 5.00. The van der Waals surface area contributed by atoms with Crippen molar-refractivity contribution in [2.24, 2.45) is 0 Å². The van der Waals surface area contributed by atoms with Crippen LogP contribution in [0.25, 0.3) is 77.6 Å². The summed E-state index contributed by atoms with van der Waals surface area (Å²) in [5.41, 5.74) is 5.25. The van der Waals surface area contributed by atoms with E-state index in [9.17, 15) is 0 Å². The Bertz CT molecular complexity index is 2230. The van der Waals surface area contributed by atoms with E-state index in [0.29, 0.717) is 17.5 Å². The first kappa shape index (κ1) is 24.2. The van der Waals surface area contributed by atoms with Crippen molar-refractivity contribution in [3.05, 3.63) is 152 Å². The molecule has 0 spiro atoms. The molecule has 0 fully saturated rings. The predicted octanol–water partition coefficient (Wildman–Crippen LogP) is 10.00. The third kappa shape index (κ3) is 4.29. The number of hydrogen-bond donors (Lipinski definition) is 0. The summed E-state index contributed by atoms with van der Waals surface area (Å²) >= 11 is 0. The Labute approximate surface area is 243 Å². The lowest BCUT2D eigenvalue weighted by molar-refractivity contribution is 1.07. The SMILES string of the molecule is c1ccc(-c2nc(-c3ccc(-c4cccc5ccccc45)cc3)nc(-c3ccc4c(ccc5ccccc54)c3)n2)cc1. The smallest absolute Gasteiger partial charge is 0.164 e. The van der Waals surface area contributed by atoms with Crippen LogP contribution in [-0.2, 0) is 0 Å². The fourth-order valence-electron chi connectivity index (χ4n) is 5.78. The molecule has 0 saturated heterocycles. The fourth-order valence-corrected chi connectivity index (χ4v) is 5.78. The highest BCUT2D eigenvalue weighted by atomic mass is 15.0. The van der Waals surface area contributed by atoms with Crippen molar-refractivity contribution in [3.63, 3.8) is 0 Å². The largest absolute Gasteiger partial charge is 0.208 e. The van der Waals surface area contributed by atoms with Gasteiger partial charge in [-0.25, -0.2) is 15.0 Å². The van der Waals surface area contributed by atoms with E-state index in [4.69, 9.17) is 15.0 Å². The average molecular weight is 536 g/mol. The number of fused-ring (bicyclic) bond motifs is 4. The fraction of sp³-hybridized carbons (Fsp3) is 0. The molecule has 0 aliphatic heterocycles. The van der Waals surface area contributed by atoms with Crippen molar-refractivity contribution in [2.75, 3.05) is 0 Å². The van der Waals surface area contributed by atoms with Crippen LogP contribution < -0.4 is 0 Å². The van der Waals surface area contributed by atoms with Crippen LogP contribution in [0, 0.1) is 0 Å². The molecule has 0 amide bonds. The summed E-state index contributed by atoms with van der Waals surface area (Å²) in [4.78, 5) is 14.9. The van der Waals surface area contributed by atoms with E-state index in [1.807, 2.05) is 30.3 Å². The van der Waals surface area contributed by atoms with Gasteiger partial charge in [-0.1, -0.05) is 146 Å². The molecule has 0 aliphatic rings. The van der Waals surface area contributed by atoms with E-state index in [1.54, 1.807) is 0 Å². The van der Waals surface area contributed by atoms with Gasteiger partial charge in [-0.3, -0.25) is 0 Å². The Kier molecular flexibility index (Phi) is 5.79. The molecular formula is C39H25N3. The van der Waals surface area contributed by atoms with Crippen LogP contribution in [0.2, 0.25) is 0 Å². The van der Waals surface area contributed by atoms with Gasteiger partial charge in [0.15, 0.2) is 17.5 Å². The van der Waals surface area contributed by atoms with Crippen LogP contribution in [0.3, 0.4) is 0 Å². The summed E-state index contributed by atoms with van der Waals surface area (Å²) in [6.07, 6.45) is 0. The Morgan fingerprint density at radius 1 is 0.286 bits per heavy atom. The highest BCUT2D eigenvalue weighted by Crippen LogP contribution is 2.32. The summed E-state index contributed by atoms with van der Waals surface area (Å²) in [6.45, 7) is 0. The minimum atomic E-state index is 0.655. The van der Waals surface area contributed by atoms with Gasteiger partial charge in [0.05, 0.1) is 0 Å². The summed E-state index contributed by atoms with van der Waals surface area (Å²) < 4.78 is 0. The molecule has 196 valence electrons. The lowest BCUT2D eigenvalue weighted by atomic mass is 9.97. The van der Waals surface area contributed by atoms with E-state index < -0.39 is 0 Å². The van der Waals surface area contributed by atoms with Crippen LogP contribution >= 0.6 is 0 Å². The maximum atomic E-state index is 5.00. The Morgan fingerprint density at radius 2 is 0.786 bits per heavy atom. The molecule has 0 aliphatic carbocycles. The Morgan fingerprint density at radius 3 is 1.55 bits per heavy atom. The van der Waals surface area contributed by atoms with Crippen molar-refractivity contribution in [3.8, 4) is 45.3 Å². The van der Waals surface area contributed by atoms with Gasteiger partial charge < -0.3 is 0 Å². The zero-order chi connectivity index (χ0) is 27.9. The van der Waals surface area contributed by atoms with Crippen molar-refractivity contribution in [1.29, 1.82) is 0 Å². The summed E-state index contributed by atoms with van der Waals surface area (Å²) in [7, 11) is 0. The van der Waals surface area contributed by atoms with E-state index in [-0.39, 0.29) is 0 Å². The lowest BCUT2D eigenvalue weighted by Gasteiger charge is -2.11. The normalized spacial score (nSPS) is 11.3. The van der Waals surface area contributed by atoms with Gasteiger partial charge in [-0.05, 0) is 49.5 Å². The number of rotatable bonds is 4. The standard InChI is InChI=1S/C39H25N3/c1-2-11-29(12-3-1)37-40-38(30-20-17-28(18-21-30)35-16-8-13-26-9-4-6-14-33(26)35)42-39(41-37)32-23-24-36-31(25-32)22-19-27-10-5-7-15-34(27)36/h1-25H. The molecule has 42 heavy (non-hydrogen) atoms. The lowest BCUT2D eigenvalue weighted by Crippen LogP contribution is -2.00. The second kappa shape index (κ2) is 10.1. The van der Waals surface area contributed by atoms with Crippen molar-refractivity contribution < 1.29 is 0 Å². The zero-order valence-electron chi connectivity index (χ0n) is 22.8. The number of nitrogens with zero attached hydrogens (tertiary/aromatic N) is 3. The second-order valence-corrected chi connectivity index (χ2v) is 10.5. The van der Waals surface area contributed by atoms with Gasteiger partial charge in [-0.15, -0.1) is 0 Å².